The van der Waals surface area contributed by atoms with Crippen LogP contribution in [0.2, 0.25) is 5.02 Å². The van der Waals surface area contributed by atoms with Crippen molar-refractivity contribution in [3.05, 3.63) is 51.4 Å². The summed E-state index contributed by atoms with van der Waals surface area (Å²) in [5, 5.41) is 9.91. The average molecular weight is 505 g/mol. The zero-order valence-corrected chi connectivity index (χ0v) is 20.3. The van der Waals surface area contributed by atoms with Gasteiger partial charge in [-0.25, -0.2) is 14.2 Å². The van der Waals surface area contributed by atoms with Gasteiger partial charge in [0, 0.05) is 31.6 Å². The van der Waals surface area contributed by atoms with Gasteiger partial charge in [0.05, 0.1) is 41.3 Å². The second-order valence-corrected chi connectivity index (χ2v) is 9.72. The number of pyridine rings is 1. The summed E-state index contributed by atoms with van der Waals surface area (Å²) in [7, 11) is 5.42. The van der Waals surface area contributed by atoms with E-state index in [1.54, 1.807) is 12.5 Å². The lowest BCUT2D eigenvalue weighted by Crippen LogP contribution is -2.30. The zero-order valence-electron chi connectivity index (χ0n) is 19.6. The number of hydrogen-bond acceptors (Lipinski definition) is 7. The molecule has 2 aliphatic rings. The molecule has 3 aromatic rings. The Balaban J connectivity index is 1.63. The van der Waals surface area contributed by atoms with Crippen LogP contribution in [0, 0.1) is 5.92 Å². The molecule has 9 nitrogen and oxygen atoms in total. The molecule has 0 amide bonds. The number of rotatable bonds is 7. The molecule has 11 heteroatoms. The van der Waals surface area contributed by atoms with Gasteiger partial charge >= 0.3 is 5.97 Å². The van der Waals surface area contributed by atoms with E-state index in [0.29, 0.717) is 35.9 Å². The number of oxazole rings is 1. The van der Waals surface area contributed by atoms with Crippen molar-refractivity contribution < 1.29 is 23.4 Å². The molecule has 5 rings (SSSR count). The first kappa shape index (κ1) is 23.6. The van der Waals surface area contributed by atoms with E-state index in [0.717, 1.165) is 6.42 Å². The molecule has 0 bridgehead atoms. The number of alkyl halides is 1. The number of halogens is 2. The summed E-state index contributed by atoms with van der Waals surface area (Å²) in [5.74, 6) is -0.227. The number of aromatic carboxylic acids is 1. The van der Waals surface area contributed by atoms with E-state index in [2.05, 4.69) is 14.8 Å². The first-order valence-corrected chi connectivity index (χ1v) is 11.7. The van der Waals surface area contributed by atoms with Gasteiger partial charge in [0.2, 0.25) is 11.3 Å². The van der Waals surface area contributed by atoms with Crippen molar-refractivity contribution in [3.8, 4) is 5.75 Å². The topological polar surface area (TPSA) is 101 Å². The fourth-order valence-electron chi connectivity index (χ4n) is 5.26. The molecule has 1 saturated heterocycles. The summed E-state index contributed by atoms with van der Waals surface area (Å²) < 4.78 is 27.0. The number of fused-ring (bicyclic) bond motifs is 1. The Kier molecular flexibility index (Phi) is 5.96. The van der Waals surface area contributed by atoms with E-state index < -0.39 is 29.2 Å². The summed E-state index contributed by atoms with van der Waals surface area (Å²) in [6.45, 7) is 1.29. The lowest BCUT2D eigenvalue weighted by molar-refractivity contribution is 0.0694. The largest absolute Gasteiger partial charge is 0.492 e. The molecule has 1 N–H and O–H groups in total. The monoisotopic (exact) mass is 504 g/mol. The highest BCUT2D eigenvalue weighted by Gasteiger charge is 2.42. The third-order valence-electron chi connectivity index (χ3n) is 6.92. The maximum Gasteiger partial charge on any atom is 0.341 e. The van der Waals surface area contributed by atoms with Crippen LogP contribution < -0.4 is 15.1 Å². The molecule has 3 heterocycles. The standard InChI is InChI=1S/C24H26ClFN4O5/c1-28(2)18(23-27-5-7-35-23)12-4-6-29(10-12)20-15(25)8-13-19(22(20)34-3)30(17-9-16(17)26)11-14(21(13)31)24(32)33/h5,7-8,11-12,16-18H,4,6,9-10H2,1-3H3,(H,32,33). The van der Waals surface area contributed by atoms with Gasteiger partial charge in [0.1, 0.15) is 23.7 Å². The van der Waals surface area contributed by atoms with Crippen molar-refractivity contribution in [3.63, 3.8) is 0 Å². The molecule has 1 aliphatic heterocycles. The lowest BCUT2D eigenvalue weighted by atomic mass is 9.98. The lowest BCUT2D eigenvalue weighted by Gasteiger charge is -2.29. The predicted octanol–water partition coefficient (Wildman–Crippen LogP) is 3.76. The Morgan fingerprint density at radius 1 is 1.43 bits per heavy atom. The van der Waals surface area contributed by atoms with Gasteiger partial charge in [-0.2, -0.15) is 0 Å². The van der Waals surface area contributed by atoms with Gasteiger partial charge in [0.25, 0.3) is 0 Å². The number of ether oxygens (including phenoxy) is 1. The van der Waals surface area contributed by atoms with E-state index in [4.69, 9.17) is 20.8 Å². The molecule has 1 aliphatic carbocycles. The molecule has 1 aromatic carbocycles. The Hall–Kier alpha value is -3.11. The number of hydrogen-bond donors (Lipinski definition) is 1. The highest BCUT2D eigenvalue weighted by Crippen LogP contribution is 2.48. The fourth-order valence-corrected chi connectivity index (χ4v) is 5.57. The van der Waals surface area contributed by atoms with Crippen LogP contribution in [0.5, 0.6) is 5.75 Å². The zero-order chi connectivity index (χ0) is 25.0. The van der Waals surface area contributed by atoms with Crippen molar-refractivity contribution in [1.29, 1.82) is 0 Å². The summed E-state index contributed by atoms with van der Waals surface area (Å²) in [5.41, 5.74) is -0.153. The smallest absolute Gasteiger partial charge is 0.341 e. The third kappa shape index (κ3) is 3.94. The van der Waals surface area contributed by atoms with E-state index in [1.165, 1.54) is 23.9 Å². The molecule has 2 fully saturated rings. The number of aromatic nitrogens is 2. The molecule has 2 aromatic heterocycles. The molecule has 0 spiro atoms. The van der Waals surface area contributed by atoms with Crippen LogP contribution in [0.15, 0.2) is 33.9 Å². The number of carboxylic acids is 1. The highest BCUT2D eigenvalue weighted by molar-refractivity contribution is 6.35. The van der Waals surface area contributed by atoms with Crippen LogP contribution in [-0.2, 0) is 0 Å². The normalized spacial score (nSPS) is 22.7. The van der Waals surface area contributed by atoms with Crippen molar-refractivity contribution in [2.45, 2.75) is 31.1 Å². The van der Waals surface area contributed by atoms with Crippen LogP contribution in [0.4, 0.5) is 10.1 Å². The second-order valence-electron chi connectivity index (χ2n) is 9.31. The van der Waals surface area contributed by atoms with Crippen LogP contribution in [0.25, 0.3) is 10.9 Å². The molecule has 186 valence electrons. The van der Waals surface area contributed by atoms with Crippen molar-refractivity contribution in [1.82, 2.24) is 14.5 Å². The second kappa shape index (κ2) is 8.83. The number of carboxylic acid groups (broad SMARTS) is 1. The quantitative estimate of drug-likeness (QED) is 0.519. The van der Waals surface area contributed by atoms with Crippen LogP contribution >= 0.6 is 11.6 Å². The molecular weight excluding hydrogens is 479 g/mol. The van der Waals surface area contributed by atoms with Gasteiger partial charge in [-0.3, -0.25) is 9.69 Å². The predicted molar refractivity (Wildman–Crippen MR) is 129 cm³/mol. The molecule has 4 atom stereocenters. The minimum absolute atomic E-state index is 0.0460. The SMILES string of the molecule is COc1c(N2CCC(C(c3ncco3)N(C)C)C2)c(Cl)cc2c(=O)c(C(=O)O)cn(C3CC3F)c12. The first-order chi connectivity index (χ1) is 16.7. The van der Waals surface area contributed by atoms with Crippen molar-refractivity contribution >= 4 is 34.2 Å². The Morgan fingerprint density at radius 2 is 2.17 bits per heavy atom. The number of methoxy groups -OCH3 is 1. The van der Waals surface area contributed by atoms with Gasteiger partial charge in [0.15, 0.2) is 5.75 Å². The summed E-state index contributed by atoms with van der Waals surface area (Å²) in [6.07, 6.45) is 4.36. The number of nitrogens with zero attached hydrogens (tertiary/aromatic N) is 4. The van der Waals surface area contributed by atoms with Gasteiger partial charge in [-0.1, -0.05) is 11.6 Å². The van der Waals surface area contributed by atoms with Gasteiger partial charge in [-0.05, 0) is 26.6 Å². The molecule has 0 radical (unpaired) electrons. The number of benzene rings is 1. The van der Waals surface area contributed by atoms with Crippen LogP contribution in [0.3, 0.4) is 0 Å². The minimum atomic E-state index is -1.37. The van der Waals surface area contributed by atoms with E-state index in [1.807, 2.05) is 14.1 Å². The molecule has 35 heavy (non-hydrogen) atoms. The molecule has 1 saturated carbocycles. The van der Waals surface area contributed by atoms with Crippen molar-refractivity contribution in [2.24, 2.45) is 5.92 Å². The van der Waals surface area contributed by atoms with E-state index in [-0.39, 0.29) is 28.8 Å². The Morgan fingerprint density at radius 3 is 2.74 bits per heavy atom. The highest BCUT2D eigenvalue weighted by atomic mass is 35.5. The maximum atomic E-state index is 14.1. The molecular formula is C24H26ClFN4O5. The van der Waals surface area contributed by atoms with Crippen molar-refractivity contribution in [2.75, 3.05) is 39.2 Å². The molecule has 4 unspecified atom stereocenters. The Bertz CT molecular complexity index is 1340. The number of anilines is 1. The average Bonchev–Trinajstić information content (AvgIpc) is 3.19. The third-order valence-corrected chi connectivity index (χ3v) is 7.21. The van der Waals surface area contributed by atoms with E-state index >= 15 is 0 Å². The van der Waals surface area contributed by atoms with E-state index in [9.17, 15) is 19.1 Å². The van der Waals surface area contributed by atoms with Crippen LogP contribution in [-0.4, -0.2) is 66.0 Å². The number of carbonyl (C=O) groups is 1. The minimum Gasteiger partial charge on any atom is -0.492 e. The Labute approximate surface area is 205 Å². The summed E-state index contributed by atoms with van der Waals surface area (Å²) >= 11 is 6.70. The first-order valence-electron chi connectivity index (χ1n) is 11.4. The van der Waals surface area contributed by atoms with Crippen LogP contribution in [0.1, 0.15) is 41.2 Å². The summed E-state index contributed by atoms with van der Waals surface area (Å²) in [4.78, 5) is 33.2. The summed E-state index contributed by atoms with van der Waals surface area (Å²) in [6, 6.07) is 0.865. The fraction of sp³-hybridized carbons (Fsp3) is 0.458. The maximum absolute atomic E-state index is 14.1. The van der Waals surface area contributed by atoms with Gasteiger partial charge < -0.3 is 23.7 Å². The van der Waals surface area contributed by atoms with Gasteiger partial charge in [-0.15, -0.1) is 0 Å².